The van der Waals surface area contributed by atoms with Crippen LogP contribution in [0.4, 0.5) is 13.2 Å². The van der Waals surface area contributed by atoms with E-state index in [4.69, 9.17) is 4.74 Å². The molecule has 1 aromatic heterocycles. The molecule has 2 heterocycles. The summed E-state index contributed by atoms with van der Waals surface area (Å²) in [4.78, 5) is 3.63. The third-order valence-corrected chi connectivity index (χ3v) is 6.05. The van der Waals surface area contributed by atoms with Gasteiger partial charge in [0.2, 0.25) is 15.9 Å². The average molecular weight is 437 g/mol. The van der Waals surface area contributed by atoms with Gasteiger partial charge in [0.15, 0.2) is 0 Å². The van der Waals surface area contributed by atoms with Crippen molar-refractivity contribution in [2.45, 2.75) is 17.2 Å². The number of pyridine rings is 1. The van der Waals surface area contributed by atoms with Gasteiger partial charge in [-0.25, -0.2) is 13.4 Å². The van der Waals surface area contributed by atoms with Gasteiger partial charge >= 0.3 is 6.18 Å². The van der Waals surface area contributed by atoms with Crippen molar-refractivity contribution in [3.8, 4) is 5.88 Å². The molecule has 0 radical (unpaired) electrons. The Bertz CT molecular complexity index is 884. The predicted molar refractivity (Wildman–Crippen MR) is 86.6 cm³/mol. The quantitative estimate of drug-likeness (QED) is 0.737. The number of hydrogen-bond acceptors (Lipinski definition) is 4. The van der Waals surface area contributed by atoms with Crippen molar-refractivity contribution in [3.05, 3.63) is 52.6 Å². The minimum Gasteiger partial charge on any atom is -0.471 e. The van der Waals surface area contributed by atoms with Crippen molar-refractivity contribution in [1.29, 1.82) is 0 Å². The molecular formula is C15H12BrF3N2O3S. The van der Waals surface area contributed by atoms with E-state index in [2.05, 4.69) is 20.9 Å². The molecule has 1 aliphatic heterocycles. The minimum atomic E-state index is -4.60. The number of benzene rings is 1. The fourth-order valence-electron chi connectivity index (χ4n) is 2.27. The predicted octanol–water partition coefficient (Wildman–Crippen LogP) is 3.31. The van der Waals surface area contributed by atoms with E-state index in [9.17, 15) is 21.6 Å². The minimum absolute atomic E-state index is 0.0432. The van der Waals surface area contributed by atoms with E-state index in [1.807, 2.05) is 0 Å². The summed E-state index contributed by atoms with van der Waals surface area (Å²) in [6.07, 6.45) is -3.47. The summed E-state index contributed by atoms with van der Waals surface area (Å²) in [6, 6.07) is 7.14. The SMILES string of the molecule is O=S(=O)(c1cccc(C(F)(F)F)c1)N1CC(Oc2ncccc2Br)C1. The van der Waals surface area contributed by atoms with Gasteiger partial charge in [0.25, 0.3) is 0 Å². The molecule has 0 amide bonds. The molecule has 0 spiro atoms. The number of sulfonamides is 1. The smallest absolute Gasteiger partial charge is 0.416 e. The van der Waals surface area contributed by atoms with E-state index < -0.39 is 27.9 Å². The topological polar surface area (TPSA) is 59.5 Å². The molecule has 0 unspecified atom stereocenters. The van der Waals surface area contributed by atoms with E-state index in [0.717, 1.165) is 22.5 Å². The normalized spacial score (nSPS) is 16.5. The molecule has 0 bridgehead atoms. The highest BCUT2D eigenvalue weighted by atomic mass is 79.9. The van der Waals surface area contributed by atoms with Gasteiger partial charge in [-0.05, 0) is 46.3 Å². The van der Waals surface area contributed by atoms with Crippen molar-refractivity contribution in [3.63, 3.8) is 0 Å². The van der Waals surface area contributed by atoms with Crippen LogP contribution in [-0.2, 0) is 16.2 Å². The largest absolute Gasteiger partial charge is 0.471 e. The number of rotatable bonds is 4. The molecule has 2 aromatic rings. The Morgan fingerprint density at radius 3 is 2.56 bits per heavy atom. The summed E-state index contributed by atoms with van der Waals surface area (Å²) in [5, 5.41) is 0. The first kappa shape index (κ1) is 18.2. The van der Waals surface area contributed by atoms with Gasteiger partial charge in [-0.3, -0.25) is 0 Å². The molecule has 0 atom stereocenters. The second-order valence-electron chi connectivity index (χ2n) is 5.38. The fraction of sp³-hybridized carbons (Fsp3) is 0.267. The van der Waals surface area contributed by atoms with E-state index in [-0.39, 0.29) is 18.0 Å². The van der Waals surface area contributed by atoms with Crippen LogP contribution in [0.5, 0.6) is 5.88 Å². The Morgan fingerprint density at radius 1 is 1.20 bits per heavy atom. The van der Waals surface area contributed by atoms with E-state index in [0.29, 0.717) is 16.4 Å². The molecule has 5 nitrogen and oxygen atoms in total. The Kier molecular flexibility index (Phi) is 4.78. The number of hydrogen-bond donors (Lipinski definition) is 0. The third kappa shape index (κ3) is 3.80. The number of halogens is 4. The highest BCUT2D eigenvalue weighted by Gasteiger charge is 2.39. The van der Waals surface area contributed by atoms with Crippen LogP contribution in [0.3, 0.4) is 0 Å². The van der Waals surface area contributed by atoms with Crippen LogP contribution in [-0.4, -0.2) is 36.9 Å². The van der Waals surface area contributed by atoms with Gasteiger partial charge < -0.3 is 4.74 Å². The van der Waals surface area contributed by atoms with Crippen molar-refractivity contribution in [1.82, 2.24) is 9.29 Å². The lowest BCUT2D eigenvalue weighted by Crippen LogP contribution is -2.56. The van der Waals surface area contributed by atoms with Crippen LogP contribution in [0, 0.1) is 0 Å². The second-order valence-corrected chi connectivity index (χ2v) is 8.17. The molecule has 1 fully saturated rings. The molecule has 3 rings (SSSR count). The zero-order valence-corrected chi connectivity index (χ0v) is 15.0. The van der Waals surface area contributed by atoms with E-state index in [1.54, 1.807) is 12.1 Å². The monoisotopic (exact) mass is 436 g/mol. The van der Waals surface area contributed by atoms with E-state index in [1.165, 1.54) is 6.20 Å². The van der Waals surface area contributed by atoms with Crippen molar-refractivity contribution in [2.75, 3.05) is 13.1 Å². The highest BCUT2D eigenvalue weighted by Crippen LogP contribution is 2.32. The number of nitrogens with zero attached hydrogens (tertiary/aromatic N) is 2. The lowest BCUT2D eigenvalue weighted by molar-refractivity contribution is -0.137. The molecule has 1 aromatic carbocycles. The molecule has 0 N–H and O–H groups in total. The molecule has 0 aliphatic carbocycles. The Labute approximate surface area is 150 Å². The summed E-state index contributed by atoms with van der Waals surface area (Å²) >= 11 is 3.27. The zero-order chi connectivity index (χ0) is 18.2. The van der Waals surface area contributed by atoms with Gasteiger partial charge in [0.05, 0.1) is 28.0 Å². The van der Waals surface area contributed by atoms with Gasteiger partial charge in [-0.1, -0.05) is 6.07 Å². The highest BCUT2D eigenvalue weighted by molar-refractivity contribution is 9.10. The standard InChI is InChI=1S/C15H12BrF3N2O3S/c16-13-5-2-6-20-14(13)24-11-8-21(9-11)25(22,23)12-4-1-3-10(7-12)15(17,18)19/h1-7,11H,8-9H2. The van der Waals surface area contributed by atoms with Crippen LogP contribution in [0.1, 0.15) is 5.56 Å². The van der Waals surface area contributed by atoms with Gasteiger partial charge in [0, 0.05) is 6.20 Å². The molecular weight excluding hydrogens is 425 g/mol. The maximum absolute atomic E-state index is 12.8. The first-order valence-electron chi connectivity index (χ1n) is 7.12. The first-order chi connectivity index (χ1) is 11.7. The molecule has 0 saturated carbocycles. The summed E-state index contributed by atoms with van der Waals surface area (Å²) in [7, 11) is -4.00. The van der Waals surface area contributed by atoms with Crippen LogP contribution in [0.2, 0.25) is 0 Å². The molecule has 25 heavy (non-hydrogen) atoms. The molecule has 134 valence electrons. The van der Waals surface area contributed by atoms with Gasteiger partial charge in [-0.2, -0.15) is 17.5 Å². The summed E-state index contributed by atoms with van der Waals surface area (Å²) in [5.41, 5.74) is -1.00. The summed E-state index contributed by atoms with van der Waals surface area (Å²) in [6.45, 7) is 0.0865. The van der Waals surface area contributed by atoms with Gasteiger partial charge in [0.1, 0.15) is 6.10 Å². The van der Waals surface area contributed by atoms with Gasteiger partial charge in [-0.15, -0.1) is 0 Å². The van der Waals surface area contributed by atoms with Crippen molar-refractivity contribution >= 4 is 26.0 Å². The number of alkyl halides is 3. The maximum Gasteiger partial charge on any atom is 0.416 e. The number of aromatic nitrogens is 1. The fourth-order valence-corrected chi connectivity index (χ4v) is 4.17. The van der Waals surface area contributed by atoms with Crippen molar-refractivity contribution in [2.24, 2.45) is 0 Å². The third-order valence-electron chi connectivity index (χ3n) is 3.62. The van der Waals surface area contributed by atoms with Crippen LogP contribution >= 0.6 is 15.9 Å². The lowest BCUT2D eigenvalue weighted by Gasteiger charge is -2.37. The molecule has 1 aliphatic rings. The van der Waals surface area contributed by atoms with Crippen molar-refractivity contribution < 1.29 is 26.3 Å². The van der Waals surface area contributed by atoms with Crippen LogP contribution in [0.15, 0.2) is 52.0 Å². The molecule has 1 saturated heterocycles. The first-order valence-corrected chi connectivity index (χ1v) is 9.36. The van der Waals surface area contributed by atoms with Crippen LogP contribution in [0.25, 0.3) is 0 Å². The maximum atomic E-state index is 12.8. The summed E-state index contributed by atoms with van der Waals surface area (Å²) < 4.78 is 70.4. The Hall–Kier alpha value is -1.65. The van der Waals surface area contributed by atoms with E-state index >= 15 is 0 Å². The average Bonchev–Trinajstić information content (AvgIpc) is 2.51. The Morgan fingerprint density at radius 2 is 1.92 bits per heavy atom. The zero-order valence-electron chi connectivity index (χ0n) is 12.6. The number of ether oxygens (including phenoxy) is 1. The second kappa shape index (κ2) is 6.58. The summed E-state index contributed by atoms with van der Waals surface area (Å²) in [5.74, 6) is 0.337. The lowest BCUT2D eigenvalue weighted by atomic mass is 10.2. The molecule has 10 heteroatoms. The van der Waals surface area contributed by atoms with Crippen LogP contribution < -0.4 is 4.74 Å². The Balaban J connectivity index is 1.70.